The molecule has 0 saturated heterocycles. The molecule has 0 amide bonds. The van der Waals surface area contributed by atoms with Crippen molar-refractivity contribution < 1.29 is 0 Å². The topological polar surface area (TPSA) is 8.17 Å². The van der Waals surface area contributed by atoms with E-state index in [0.717, 1.165) is 28.3 Å². The summed E-state index contributed by atoms with van der Waals surface area (Å²) in [6.45, 7) is 0. The second kappa shape index (κ2) is 12.2. The van der Waals surface area contributed by atoms with Gasteiger partial charge in [-0.2, -0.15) is 0 Å². The summed E-state index contributed by atoms with van der Waals surface area (Å²) < 4.78 is 5.03. The zero-order valence-corrected chi connectivity index (χ0v) is 28.6. The summed E-state index contributed by atoms with van der Waals surface area (Å²) in [6.07, 6.45) is 0. The first-order valence-corrected chi connectivity index (χ1v) is 18.2. The van der Waals surface area contributed by atoms with E-state index < -0.39 is 0 Å². The van der Waals surface area contributed by atoms with Gasteiger partial charge in [-0.3, -0.25) is 0 Å². The SMILES string of the molecule is c1ccc(N(c2ccccc2)c2cc(-c3cccc(-n4c5ccccc5c5ccccc54)c3)cc(-c3ccc4sc5ccccc5c4c3)c2)cc1. The van der Waals surface area contributed by atoms with E-state index in [2.05, 4.69) is 204 Å². The molecule has 0 saturated carbocycles. The van der Waals surface area contributed by atoms with Crippen molar-refractivity contribution in [2.24, 2.45) is 0 Å². The molecule has 0 spiro atoms. The van der Waals surface area contributed by atoms with Crippen LogP contribution in [0.1, 0.15) is 0 Å². The van der Waals surface area contributed by atoms with Crippen LogP contribution in [0.25, 0.3) is 69.9 Å². The van der Waals surface area contributed by atoms with Crippen LogP contribution < -0.4 is 4.90 Å². The summed E-state index contributed by atoms with van der Waals surface area (Å²) in [7, 11) is 0. The normalized spacial score (nSPS) is 11.5. The number of hydrogen-bond donors (Lipinski definition) is 0. The quantitative estimate of drug-likeness (QED) is 0.171. The third-order valence-corrected chi connectivity index (χ3v) is 11.1. The fourth-order valence-electron chi connectivity index (χ4n) is 7.61. The van der Waals surface area contributed by atoms with Crippen LogP contribution in [0.2, 0.25) is 0 Å². The molecule has 2 heterocycles. The van der Waals surface area contributed by atoms with Crippen molar-refractivity contribution in [1.82, 2.24) is 4.57 Å². The number of benzene rings is 8. The number of rotatable bonds is 6. The Morgan fingerprint density at radius 3 is 1.55 bits per heavy atom. The average Bonchev–Trinajstić information content (AvgIpc) is 3.74. The summed E-state index contributed by atoms with van der Waals surface area (Å²) in [5, 5.41) is 5.14. The highest BCUT2D eigenvalue weighted by Gasteiger charge is 2.17. The molecule has 0 N–H and O–H groups in total. The van der Waals surface area contributed by atoms with Gasteiger partial charge in [0.2, 0.25) is 0 Å². The minimum Gasteiger partial charge on any atom is -0.310 e. The second-order valence-corrected chi connectivity index (χ2v) is 14.1. The molecular formula is C48H32N2S. The van der Waals surface area contributed by atoms with Gasteiger partial charge in [-0.15, -0.1) is 11.3 Å². The van der Waals surface area contributed by atoms with Crippen molar-refractivity contribution in [1.29, 1.82) is 0 Å². The number of nitrogens with zero attached hydrogens (tertiary/aromatic N) is 2. The van der Waals surface area contributed by atoms with Crippen LogP contribution in [0.4, 0.5) is 17.1 Å². The number of anilines is 3. The van der Waals surface area contributed by atoms with Gasteiger partial charge in [0.1, 0.15) is 0 Å². The largest absolute Gasteiger partial charge is 0.310 e. The van der Waals surface area contributed by atoms with E-state index in [1.54, 1.807) is 0 Å². The lowest BCUT2D eigenvalue weighted by Gasteiger charge is -2.27. The fourth-order valence-corrected chi connectivity index (χ4v) is 8.69. The molecule has 0 fully saturated rings. The van der Waals surface area contributed by atoms with Crippen molar-refractivity contribution in [3.63, 3.8) is 0 Å². The Bertz CT molecular complexity index is 2770. The van der Waals surface area contributed by atoms with E-state index in [1.165, 1.54) is 58.7 Å². The highest BCUT2D eigenvalue weighted by Crippen LogP contribution is 2.42. The van der Waals surface area contributed by atoms with Gasteiger partial charge in [-0.1, -0.05) is 109 Å². The van der Waals surface area contributed by atoms with Gasteiger partial charge in [0.05, 0.1) is 11.0 Å². The maximum atomic E-state index is 2.40. The molecule has 0 aliphatic heterocycles. The lowest BCUT2D eigenvalue weighted by molar-refractivity contribution is 1.18. The zero-order valence-electron chi connectivity index (χ0n) is 27.8. The first kappa shape index (κ1) is 29.5. The number of thiophene rings is 1. The highest BCUT2D eigenvalue weighted by molar-refractivity contribution is 7.25. The van der Waals surface area contributed by atoms with Crippen molar-refractivity contribution in [3.8, 4) is 27.9 Å². The molecule has 2 aromatic heterocycles. The molecule has 8 aromatic carbocycles. The number of aromatic nitrogens is 1. The predicted molar refractivity (Wildman–Crippen MR) is 219 cm³/mol. The fraction of sp³-hybridized carbons (Fsp3) is 0. The summed E-state index contributed by atoms with van der Waals surface area (Å²) in [4.78, 5) is 2.36. The van der Waals surface area contributed by atoms with E-state index in [4.69, 9.17) is 0 Å². The van der Waals surface area contributed by atoms with Crippen molar-refractivity contribution >= 4 is 70.4 Å². The Hall–Kier alpha value is -6.42. The van der Waals surface area contributed by atoms with Crippen LogP contribution >= 0.6 is 11.3 Å². The van der Waals surface area contributed by atoms with E-state index in [0.29, 0.717) is 0 Å². The molecule has 0 aliphatic carbocycles. The summed E-state index contributed by atoms with van der Waals surface area (Å²) in [5.41, 5.74) is 11.6. The first-order valence-electron chi connectivity index (χ1n) is 17.3. The van der Waals surface area contributed by atoms with Crippen molar-refractivity contribution in [3.05, 3.63) is 194 Å². The van der Waals surface area contributed by atoms with Crippen LogP contribution in [0.15, 0.2) is 194 Å². The number of para-hydroxylation sites is 4. The van der Waals surface area contributed by atoms with Gasteiger partial charge in [-0.25, -0.2) is 0 Å². The summed E-state index contributed by atoms with van der Waals surface area (Å²) >= 11 is 1.86. The molecule has 0 unspecified atom stereocenters. The van der Waals surface area contributed by atoms with E-state index in [1.807, 2.05) is 11.3 Å². The molecule has 240 valence electrons. The van der Waals surface area contributed by atoms with E-state index in [-0.39, 0.29) is 0 Å². The molecular weight excluding hydrogens is 637 g/mol. The molecule has 10 rings (SSSR count). The maximum absolute atomic E-state index is 2.40. The standard InChI is InChI=1S/C48H32N2S/c1-3-15-37(16-4-1)49(38-17-5-2-6-18-38)40-30-35(28-36(31-40)34-26-27-48-44(32-34)43-22-9-12-25-47(43)51-48)33-14-13-19-39(29-33)50-45-23-10-7-20-41(45)42-21-8-11-24-46(42)50/h1-32H. The van der Waals surface area contributed by atoms with E-state index in [9.17, 15) is 0 Å². The van der Waals surface area contributed by atoms with Gasteiger partial charge >= 0.3 is 0 Å². The molecule has 2 nitrogen and oxygen atoms in total. The molecule has 10 aromatic rings. The molecule has 51 heavy (non-hydrogen) atoms. The highest BCUT2D eigenvalue weighted by atomic mass is 32.1. The molecule has 3 heteroatoms. The van der Waals surface area contributed by atoms with Crippen LogP contribution in [-0.4, -0.2) is 4.57 Å². The summed E-state index contributed by atoms with van der Waals surface area (Å²) in [6, 6.07) is 70.5. The minimum absolute atomic E-state index is 1.11. The first-order chi connectivity index (χ1) is 25.3. The average molecular weight is 669 g/mol. The van der Waals surface area contributed by atoms with Crippen LogP contribution in [0, 0.1) is 0 Å². The molecule has 0 bridgehead atoms. The van der Waals surface area contributed by atoms with Gasteiger partial charge in [0.25, 0.3) is 0 Å². The lowest BCUT2D eigenvalue weighted by atomic mass is 9.96. The Labute approximate surface area is 300 Å². The Kier molecular flexibility index (Phi) is 7.04. The summed E-state index contributed by atoms with van der Waals surface area (Å²) in [5.74, 6) is 0. The molecule has 0 radical (unpaired) electrons. The third kappa shape index (κ3) is 5.10. The smallest absolute Gasteiger partial charge is 0.0541 e. The zero-order chi connectivity index (χ0) is 33.7. The predicted octanol–water partition coefficient (Wildman–Crippen LogP) is 14.0. The molecule has 0 aliphatic rings. The lowest BCUT2D eigenvalue weighted by Crippen LogP contribution is -2.10. The van der Waals surface area contributed by atoms with Crippen LogP contribution in [0.5, 0.6) is 0 Å². The second-order valence-electron chi connectivity index (χ2n) is 13.0. The number of fused-ring (bicyclic) bond motifs is 6. The van der Waals surface area contributed by atoms with Crippen molar-refractivity contribution in [2.75, 3.05) is 4.90 Å². The van der Waals surface area contributed by atoms with E-state index >= 15 is 0 Å². The van der Waals surface area contributed by atoms with Gasteiger partial charge < -0.3 is 9.47 Å². The Morgan fingerprint density at radius 2 is 0.882 bits per heavy atom. The van der Waals surface area contributed by atoms with Gasteiger partial charge in [0.15, 0.2) is 0 Å². The van der Waals surface area contributed by atoms with Crippen molar-refractivity contribution in [2.45, 2.75) is 0 Å². The number of hydrogen-bond acceptors (Lipinski definition) is 2. The van der Waals surface area contributed by atoms with Crippen LogP contribution in [0.3, 0.4) is 0 Å². The maximum Gasteiger partial charge on any atom is 0.0541 e. The van der Waals surface area contributed by atoms with Gasteiger partial charge in [0, 0.05) is 53.7 Å². The van der Waals surface area contributed by atoms with Crippen LogP contribution in [-0.2, 0) is 0 Å². The minimum atomic E-state index is 1.11. The Balaban J connectivity index is 1.20. The Morgan fingerprint density at radius 1 is 0.333 bits per heavy atom. The monoisotopic (exact) mass is 668 g/mol. The molecule has 0 atom stereocenters. The third-order valence-electron chi connectivity index (χ3n) is 9.93. The van der Waals surface area contributed by atoms with Gasteiger partial charge in [-0.05, 0) is 107 Å².